The number of rotatable bonds is 4. The second-order valence-corrected chi connectivity index (χ2v) is 6.35. The average Bonchev–Trinajstić information content (AvgIpc) is 2.81. The Balaban J connectivity index is 1.79. The second-order valence-electron chi connectivity index (χ2n) is 6.35. The molecule has 116 valence electrons. The highest BCUT2D eigenvalue weighted by atomic mass is 16.6. The first-order chi connectivity index (χ1) is 9.83. The Kier molecular flexibility index (Phi) is 4.60. The van der Waals surface area contributed by atoms with Crippen molar-refractivity contribution in [3.05, 3.63) is 23.8 Å². The number of ether oxygens (including phenoxy) is 2. The molecule has 1 unspecified atom stereocenters. The van der Waals surface area contributed by atoms with Crippen molar-refractivity contribution in [1.29, 1.82) is 0 Å². The van der Waals surface area contributed by atoms with E-state index in [0.29, 0.717) is 6.54 Å². The monoisotopic (exact) mass is 292 g/mol. The molecule has 5 nitrogen and oxygen atoms in total. The predicted octanol–water partition coefficient (Wildman–Crippen LogP) is 2.95. The molecule has 5 heteroatoms. The molecule has 1 heterocycles. The number of carbonyl (C=O) groups is 1. The standard InChI is InChI=1S/C16H24N2O3/c1-11(10-17-15(19)21-16(2,3)4)18-13-5-6-14-12(9-13)7-8-20-14/h5-6,9,11,18H,7-8,10H2,1-4H3,(H,17,19). The Labute approximate surface area is 126 Å². The molecule has 1 aliphatic heterocycles. The number of carbonyl (C=O) groups excluding carboxylic acids is 1. The van der Waals surface area contributed by atoms with E-state index in [-0.39, 0.29) is 6.04 Å². The van der Waals surface area contributed by atoms with E-state index in [2.05, 4.69) is 16.7 Å². The summed E-state index contributed by atoms with van der Waals surface area (Å²) < 4.78 is 10.7. The summed E-state index contributed by atoms with van der Waals surface area (Å²) in [5.41, 5.74) is 1.80. The molecule has 1 atom stereocenters. The number of amides is 1. The highest BCUT2D eigenvalue weighted by Crippen LogP contribution is 2.27. The number of fused-ring (bicyclic) bond motifs is 1. The second kappa shape index (κ2) is 6.24. The summed E-state index contributed by atoms with van der Waals surface area (Å²) in [5, 5.41) is 6.13. The molecule has 0 radical (unpaired) electrons. The SMILES string of the molecule is CC(CNC(=O)OC(C)(C)C)Nc1ccc2c(c1)CCO2. The fourth-order valence-corrected chi connectivity index (χ4v) is 2.16. The van der Waals surface area contributed by atoms with E-state index in [4.69, 9.17) is 9.47 Å². The summed E-state index contributed by atoms with van der Waals surface area (Å²) >= 11 is 0. The average molecular weight is 292 g/mol. The van der Waals surface area contributed by atoms with Crippen LogP contribution in [0.3, 0.4) is 0 Å². The Morgan fingerprint density at radius 2 is 2.19 bits per heavy atom. The Morgan fingerprint density at radius 1 is 1.43 bits per heavy atom. The zero-order valence-corrected chi connectivity index (χ0v) is 13.2. The first-order valence-corrected chi connectivity index (χ1v) is 7.32. The molecule has 0 saturated carbocycles. The van der Waals surface area contributed by atoms with Crippen LogP contribution in [0.15, 0.2) is 18.2 Å². The van der Waals surface area contributed by atoms with Crippen molar-refractivity contribution in [2.75, 3.05) is 18.5 Å². The van der Waals surface area contributed by atoms with Gasteiger partial charge in [-0.05, 0) is 51.5 Å². The van der Waals surface area contributed by atoms with Crippen molar-refractivity contribution in [1.82, 2.24) is 5.32 Å². The maximum Gasteiger partial charge on any atom is 0.407 e. The molecule has 0 spiro atoms. The molecule has 0 aromatic heterocycles. The van der Waals surface area contributed by atoms with E-state index < -0.39 is 11.7 Å². The summed E-state index contributed by atoms with van der Waals surface area (Å²) in [7, 11) is 0. The molecule has 0 fully saturated rings. The van der Waals surface area contributed by atoms with Gasteiger partial charge in [0, 0.05) is 24.7 Å². The van der Waals surface area contributed by atoms with Crippen LogP contribution in [0.4, 0.5) is 10.5 Å². The quantitative estimate of drug-likeness (QED) is 0.895. The lowest BCUT2D eigenvalue weighted by Gasteiger charge is -2.21. The minimum absolute atomic E-state index is 0.109. The lowest BCUT2D eigenvalue weighted by atomic mass is 10.1. The van der Waals surface area contributed by atoms with Gasteiger partial charge in [-0.3, -0.25) is 0 Å². The van der Waals surface area contributed by atoms with Crippen LogP contribution in [0, 0.1) is 0 Å². The molecule has 1 aliphatic rings. The summed E-state index contributed by atoms with van der Waals surface area (Å²) in [6.07, 6.45) is 0.563. The van der Waals surface area contributed by atoms with Crippen molar-refractivity contribution in [2.24, 2.45) is 0 Å². The first-order valence-electron chi connectivity index (χ1n) is 7.32. The fraction of sp³-hybridized carbons (Fsp3) is 0.562. The minimum atomic E-state index is -0.471. The summed E-state index contributed by atoms with van der Waals surface area (Å²) in [6.45, 7) is 8.82. The molecule has 21 heavy (non-hydrogen) atoms. The summed E-state index contributed by atoms with van der Waals surface area (Å²) in [5.74, 6) is 0.972. The lowest BCUT2D eigenvalue weighted by molar-refractivity contribution is 0.0526. The fourth-order valence-electron chi connectivity index (χ4n) is 2.16. The van der Waals surface area contributed by atoms with Crippen molar-refractivity contribution < 1.29 is 14.3 Å². The van der Waals surface area contributed by atoms with Gasteiger partial charge < -0.3 is 20.1 Å². The molecular weight excluding hydrogens is 268 g/mol. The normalized spacial score (nSPS) is 14.9. The number of benzene rings is 1. The molecule has 2 rings (SSSR count). The third-order valence-electron chi connectivity index (χ3n) is 3.05. The van der Waals surface area contributed by atoms with Gasteiger partial charge in [0.2, 0.25) is 0 Å². The van der Waals surface area contributed by atoms with Gasteiger partial charge in [-0.2, -0.15) is 0 Å². The van der Waals surface area contributed by atoms with Crippen molar-refractivity contribution >= 4 is 11.8 Å². The van der Waals surface area contributed by atoms with Gasteiger partial charge in [0.05, 0.1) is 6.61 Å². The number of hydrogen-bond acceptors (Lipinski definition) is 4. The van der Waals surface area contributed by atoms with E-state index in [0.717, 1.165) is 24.5 Å². The molecule has 1 amide bonds. The molecule has 1 aromatic rings. The van der Waals surface area contributed by atoms with Crippen LogP contribution >= 0.6 is 0 Å². The zero-order chi connectivity index (χ0) is 15.5. The van der Waals surface area contributed by atoms with Crippen LogP contribution in [0.2, 0.25) is 0 Å². The van der Waals surface area contributed by atoms with Gasteiger partial charge in [-0.15, -0.1) is 0 Å². The van der Waals surface area contributed by atoms with Crippen molar-refractivity contribution in [3.8, 4) is 5.75 Å². The summed E-state index contributed by atoms with van der Waals surface area (Å²) in [4.78, 5) is 11.6. The van der Waals surface area contributed by atoms with Crippen LogP contribution in [0.5, 0.6) is 5.75 Å². The van der Waals surface area contributed by atoms with Gasteiger partial charge in [0.15, 0.2) is 0 Å². The maximum absolute atomic E-state index is 11.6. The number of alkyl carbamates (subject to hydrolysis) is 1. The Morgan fingerprint density at radius 3 is 2.90 bits per heavy atom. The van der Waals surface area contributed by atoms with Gasteiger partial charge in [0.1, 0.15) is 11.4 Å². The minimum Gasteiger partial charge on any atom is -0.493 e. The van der Waals surface area contributed by atoms with E-state index >= 15 is 0 Å². The van der Waals surface area contributed by atoms with Gasteiger partial charge in [-0.1, -0.05) is 0 Å². The van der Waals surface area contributed by atoms with Crippen LogP contribution in [0.1, 0.15) is 33.3 Å². The molecule has 0 bridgehead atoms. The van der Waals surface area contributed by atoms with Crippen molar-refractivity contribution in [2.45, 2.75) is 45.8 Å². The number of nitrogens with one attached hydrogen (secondary N) is 2. The lowest BCUT2D eigenvalue weighted by Crippen LogP contribution is -2.38. The first kappa shape index (κ1) is 15.5. The third-order valence-corrected chi connectivity index (χ3v) is 3.05. The molecule has 0 aliphatic carbocycles. The molecule has 2 N–H and O–H groups in total. The van der Waals surface area contributed by atoms with E-state index in [9.17, 15) is 4.79 Å². The third kappa shape index (κ3) is 4.85. The molecule has 0 saturated heterocycles. The van der Waals surface area contributed by atoms with Gasteiger partial charge >= 0.3 is 6.09 Å². The zero-order valence-electron chi connectivity index (χ0n) is 13.2. The van der Waals surface area contributed by atoms with Gasteiger partial charge in [0.25, 0.3) is 0 Å². The van der Waals surface area contributed by atoms with Gasteiger partial charge in [-0.25, -0.2) is 4.79 Å². The van der Waals surface area contributed by atoms with E-state index in [1.165, 1.54) is 5.56 Å². The van der Waals surface area contributed by atoms with E-state index in [1.807, 2.05) is 39.8 Å². The predicted molar refractivity (Wildman–Crippen MR) is 83.0 cm³/mol. The smallest absolute Gasteiger partial charge is 0.407 e. The number of anilines is 1. The van der Waals surface area contributed by atoms with Crippen LogP contribution in [-0.2, 0) is 11.2 Å². The van der Waals surface area contributed by atoms with Crippen LogP contribution in [0.25, 0.3) is 0 Å². The topological polar surface area (TPSA) is 59.6 Å². The summed E-state index contributed by atoms with van der Waals surface area (Å²) in [6, 6.07) is 6.19. The molecular formula is C16H24N2O3. The molecule has 1 aromatic carbocycles. The highest BCUT2D eigenvalue weighted by molar-refractivity contribution is 5.67. The van der Waals surface area contributed by atoms with Crippen LogP contribution < -0.4 is 15.4 Å². The highest BCUT2D eigenvalue weighted by Gasteiger charge is 2.17. The maximum atomic E-state index is 11.6. The van der Waals surface area contributed by atoms with Crippen LogP contribution in [-0.4, -0.2) is 30.9 Å². The number of hydrogen-bond donors (Lipinski definition) is 2. The Hall–Kier alpha value is -1.91. The Bertz CT molecular complexity index is 509. The van der Waals surface area contributed by atoms with E-state index in [1.54, 1.807) is 0 Å². The van der Waals surface area contributed by atoms with Crippen molar-refractivity contribution in [3.63, 3.8) is 0 Å². The largest absolute Gasteiger partial charge is 0.493 e.